The molecule has 220 valence electrons. The van der Waals surface area contributed by atoms with E-state index in [0.717, 1.165) is 23.7 Å². The molecule has 6 atom stereocenters. The Morgan fingerprint density at radius 3 is 2.68 bits per heavy atom. The van der Waals surface area contributed by atoms with Gasteiger partial charge in [-0.05, 0) is 61.1 Å². The Bertz CT molecular complexity index is 1380. The van der Waals surface area contributed by atoms with E-state index < -0.39 is 35.9 Å². The summed E-state index contributed by atoms with van der Waals surface area (Å²) in [7, 11) is 1.58. The number of rotatable bonds is 8. The van der Waals surface area contributed by atoms with E-state index in [1.54, 1.807) is 23.0 Å². The quantitative estimate of drug-likeness (QED) is 0.380. The molecule has 1 aromatic heterocycles. The summed E-state index contributed by atoms with van der Waals surface area (Å²) in [6.45, 7) is 6.37. The van der Waals surface area contributed by atoms with Crippen molar-refractivity contribution in [1.82, 2.24) is 25.4 Å². The van der Waals surface area contributed by atoms with Crippen LogP contribution >= 0.6 is 0 Å². The van der Waals surface area contributed by atoms with Crippen LogP contribution < -0.4 is 15.4 Å². The first-order chi connectivity index (χ1) is 19.6. The third kappa shape index (κ3) is 4.73. The van der Waals surface area contributed by atoms with Gasteiger partial charge in [-0.15, -0.1) is 0 Å². The van der Waals surface area contributed by atoms with E-state index >= 15 is 0 Å². The molecule has 1 aromatic carbocycles. The van der Waals surface area contributed by atoms with Crippen molar-refractivity contribution in [3.63, 3.8) is 0 Å². The van der Waals surface area contributed by atoms with Gasteiger partial charge in [-0.1, -0.05) is 19.9 Å². The summed E-state index contributed by atoms with van der Waals surface area (Å²) < 4.78 is 5.45. The second-order valence-electron chi connectivity index (χ2n) is 12.6. The van der Waals surface area contributed by atoms with Crippen LogP contribution in [-0.2, 0) is 14.4 Å². The van der Waals surface area contributed by atoms with Gasteiger partial charge in [-0.2, -0.15) is 0 Å². The minimum atomic E-state index is -1.47. The number of aromatic nitrogens is 1. The van der Waals surface area contributed by atoms with Gasteiger partial charge in [0, 0.05) is 43.0 Å². The molecule has 4 unspecified atom stereocenters. The van der Waals surface area contributed by atoms with Crippen LogP contribution in [0.3, 0.4) is 0 Å². The molecule has 0 bridgehead atoms. The monoisotopic (exact) mass is 565 g/mol. The van der Waals surface area contributed by atoms with Crippen LogP contribution in [0, 0.1) is 23.2 Å². The molecule has 6 rings (SSSR count). The number of carbonyl (C=O) groups excluding carboxylic acids is 4. The van der Waals surface area contributed by atoms with Crippen molar-refractivity contribution in [1.29, 1.82) is 0 Å². The van der Waals surface area contributed by atoms with Crippen LogP contribution in [0.5, 0.6) is 5.75 Å². The van der Waals surface area contributed by atoms with Crippen LogP contribution in [0.15, 0.2) is 24.3 Å². The zero-order chi connectivity index (χ0) is 29.1. The number of amides is 4. The number of aromatic amines is 1. The van der Waals surface area contributed by atoms with E-state index in [9.17, 15) is 24.3 Å². The molecule has 0 radical (unpaired) electrons. The average molecular weight is 566 g/mol. The van der Waals surface area contributed by atoms with Gasteiger partial charge in [0.25, 0.3) is 11.8 Å². The number of likely N-dealkylation sites (tertiary alicyclic amines) is 2. The molecule has 4 heterocycles. The Balaban J connectivity index is 1.26. The first-order valence-corrected chi connectivity index (χ1v) is 14.6. The minimum absolute atomic E-state index is 0.0489. The van der Waals surface area contributed by atoms with E-state index in [0.29, 0.717) is 44.0 Å². The molecule has 41 heavy (non-hydrogen) atoms. The molecule has 3 aliphatic heterocycles. The molecule has 1 aliphatic carbocycles. The van der Waals surface area contributed by atoms with E-state index in [2.05, 4.69) is 29.5 Å². The molecule has 4 amide bonds. The third-order valence-electron chi connectivity index (χ3n) is 9.88. The molecule has 4 N–H and O–H groups in total. The minimum Gasteiger partial charge on any atom is -0.496 e. The average Bonchev–Trinajstić information content (AvgIpc) is 3.30. The number of ether oxygens (including phenoxy) is 1. The second kappa shape index (κ2) is 10.3. The number of H-pyrrole nitrogens is 1. The zero-order valence-corrected chi connectivity index (χ0v) is 23.8. The smallest absolute Gasteiger partial charge is 0.271 e. The molecule has 1 saturated carbocycles. The van der Waals surface area contributed by atoms with Gasteiger partial charge < -0.3 is 35.3 Å². The van der Waals surface area contributed by atoms with Gasteiger partial charge in [0.05, 0.1) is 13.2 Å². The lowest BCUT2D eigenvalue weighted by atomic mass is 9.88. The SMILES string of the molecule is COc1cccc2[nH]c(C(=O)N3CC4C(C3C(=O)N[C@@H](C[C@@H]3CCCNC3=O)C(O)C(=O)N3CCC3)C4(C)C)cc12. The van der Waals surface area contributed by atoms with Crippen LogP contribution in [0.25, 0.3) is 10.9 Å². The van der Waals surface area contributed by atoms with Crippen LogP contribution in [0.2, 0.25) is 0 Å². The van der Waals surface area contributed by atoms with Gasteiger partial charge >= 0.3 is 0 Å². The van der Waals surface area contributed by atoms with Gasteiger partial charge in [0.1, 0.15) is 17.5 Å². The van der Waals surface area contributed by atoms with Crippen molar-refractivity contribution in [2.75, 3.05) is 33.3 Å². The highest BCUT2D eigenvalue weighted by Gasteiger charge is 2.69. The molecule has 4 fully saturated rings. The summed E-state index contributed by atoms with van der Waals surface area (Å²) in [6.07, 6.45) is 0.975. The van der Waals surface area contributed by atoms with E-state index in [1.807, 2.05) is 18.2 Å². The maximum atomic E-state index is 14.0. The van der Waals surface area contributed by atoms with Crippen LogP contribution in [-0.4, -0.2) is 95.0 Å². The van der Waals surface area contributed by atoms with Gasteiger partial charge in [-0.25, -0.2) is 0 Å². The molecule has 11 nitrogen and oxygen atoms in total. The van der Waals surface area contributed by atoms with Crippen LogP contribution in [0.4, 0.5) is 0 Å². The Labute approximate surface area is 239 Å². The summed E-state index contributed by atoms with van der Waals surface area (Å²) in [5.74, 6) is -0.908. The first-order valence-electron chi connectivity index (χ1n) is 14.6. The number of piperidine rings is 2. The highest BCUT2D eigenvalue weighted by Crippen LogP contribution is 2.65. The van der Waals surface area contributed by atoms with Crippen molar-refractivity contribution >= 4 is 34.5 Å². The molecular weight excluding hydrogens is 526 g/mol. The van der Waals surface area contributed by atoms with Crippen molar-refractivity contribution in [2.45, 2.75) is 57.7 Å². The molecule has 2 aromatic rings. The third-order valence-corrected chi connectivity index (χ3v) is 9.88. The van der Waals surface area contributed by atoms with E-state index in [-0.39, 0.29) is 35.5 Å². The fourth-order valence-electron chi connectivity index (χ4n) is 7.17. The summed E-state index contributed by atoms with van der Waals surface area (Å²) in [6, 6.07) is 5.58. The lowest BCUT2D eigenvalue weighted by Crippen LogP contribution is -2.59. The lowest BCUT2D eigenvalue weighted by Gasteiger charge is -2.37. The van der Waals surface area contributed by atoms with Crippen molar-refractivity contribution in [3.05, 3.63) is 30.0 Å². The molecule has 0 spiro atoms. The number of hydrogen-bond donors (Lipinski definition) is 4. The fraction of sp³-hybridized carbons (Fsp3) is 0.600. The number of hydrogen-bond acceptors (Lipinski definition) is 6. The first kappa shape index (κ1) is 27.6. The number of nitrogens with zero attached hydrogens (tertiary/aromatic N) is 2. The zero-order valence-electron chi connectivity index (χ0n) is 23.8. The van der Waals surface area contributed by atoms with E-state index in [4.69, 9.17) is 4.74 Å². The number of carbonyl (C=O) groups is 4. The predicted molar refractivity (Wildman–Crippen MR) is 150 cm³/mol. The Hall–Kier alpha value is -3.60. The number of benzene rings is 1. The number of nitrogens with one attached hydrogen (secondary N) is 3. The predicted octanol–water partition coefficient (Wildman–Crippen LogP) is 1.27. The van der Waals surface area contributed by atoms with Crippen molar-refractivity contribution < 1.29 is 29.0 Å². The van der Waals surface area contributed by atoms with E-state index in [1.165, 1.54) is 0 Å². The Kier molecular flexibility index (Phi) is 6.96. The molecule has 3 saturated heterocycles. The van der Waals surface area contributed by atoms with Crippen LogP contribution in [0.1, 0.15) is 50.0 Å². The summed E-state index contributed by atoms with van der Waals surface area (Å²) in [5.41, 5.74) is 1.01. The summed E-state index contributed by atoms with van der Waals surface area (Å²) in [4.78, 5) is 59.8. The normalized spacial score (nSPS) is 27.9. The lowest BCUT2D eigenvalue weighted by molar-refractivity contribution is -0.147. The summed E-state index contributed by atoms with van der Waals surface area (Å²) in [5, 5.41) is 17.7. The standard InChI is InChI=1S/C30H39N5O6/c1-30(2)18-15-35(28(39)21-14-17-19(32-21)8-4-9-22(17)41-3)24(23(18)30)27(38)33-20(13-16-7-5-10-31-26(16)37)25(36)29(40)34-11-6-12-34/h4,8-9,14,16,18,20,23-25,32,36H,5-7,10-13,15H2,1-3H3,(H,31,37)(H,33,38)/t16-,18?,20-,23?,24?,25?/m0/s1. The highest BCUT2D eigenvalue weighted by atomic mass is 16.5. The van der Waals surface area contributed by atoms with Gasteiger partial charge in [0.2, 0.25) is 11.8 Å². The van der Waals surface area contributed by atoms with Crippen molar-refractivity contribution in [3.8, 4) is 5.75 Å². The maximum Gasteiger partial charge on any atom is 0.271 e. The summed E-state index contributed by atoms with van der Waals surface area (Å²) >= 11 is 0. The van der Waals surface area contributed by atoms with Gasteiger partial charge in [-0.3, -0.25) is 19.2 Å². The molecule has 11 heteroatoms. The molecule has 4 aliphatic rings. The maximum absolute atomic E-state index is 14.0. The number of aliphatic hydroxyl groups is 1. The Morgan fingerprint density at radius 1 is 1.22 bits per heavy atom. The number of fused-ring (bicyclic) bond motifs is 2. The largest absolute Gasteiger partial charge is 0.496 e. The fourth-order valence-corrected chi connectivity index (χ4v) is 7.17. The number of methoxy groups -OCH3 is 1. The second-order valence-corrected chi connectivity index (χ2v) is 12.6. The Morgan fingerprint density at radius 2 is 2.00 bits per heavy atom. The van der Waals surface area contributed by atoms with Gasteiger partial charge in [0.15, 0.2) is 6.10 Å². The number of aliphatic hydroxyl groups excluding tert-OH is 1. The topological polar surface area (TPSA) is 144 Å². The van der Waals surface area contributed by atoms with Crippen molar-refractivity contribution in [2.24, 2.45) is 23.2 Å². The highest BCUT2D eigenvalue weighted by molar-refractivity contribution is 6.02. The molecular formula is C30H39N5O6.